The minimum Gasteiger partial charge on any atom is -0.504 e. The SMILES string of the molecule is O=C(O)CNC(=O)Nc1cc(O)c(O)c(O)c1. The molecular formula is C9H10N2O6. The number of phenols is 3. The van der Waals surface area contributed by atoms with Crippen molar-refractivity contribution in [3.63, 3.8) is 0 Å². The number of hydrogen-bond donors (Lipinski definition) is 6. The molecule has 8 heteroatoms. The Balaban J connectivity index is 2.69. The van der Waals surface area contributed by atoms with Crippen LogP contribution in [0.5, 0.6) is 17.2 Å². The molecule has 0 fully saturated rings. The highest BCUT2D eigenvalue weighted by molar-refractivity contribution is 5.91. The first-order valence-corrected chi connectivity index (χ1v) is 4.41. The van der Waals surface area contributed by atoms with Crippen molar-refractivity contribution in [2.24, 2.45) is 0 Å². The van der Waals surface area contributed by atoms with E-state index >= 15 is 0 Å². The quantitative estimate of drug-likeness (QED) is 0.326. The topological polar surface area (TPSA) is 139 Å². The van der Waals surface area contributed by atoms with E-state index in [0.29, 0.717) is 0 Å². The fourth-order valence-electron chi connectivity index (χ4n) is 1.01. The molecule has 0 spiro atoms. The number of carbonyl (C=O) groups excluding carboxylic acids is 1. The van der Waals surface area contributed by atoms with Crippen LogP contribution < -0.4 is 10.6 Å². The number of benzene rings is 1. The zero-order valence-electron chi connectivity index (χ0n) is 8.47. The van der Waals surface area contributed by atoms with E-state index < -0.39 is 35.8 Å². The van der Waals surface area contributed by atoms with Gasteiger partial charge in [0, 0.05) is 12.1 Å². The van der Waals surface area contributed by atoms with Gasteiger partial charge in [-0.1, -0.05) is 0 Å². The minimum atomic E-state index is -1.21. The van der Waals surface area contributed by atoms with Crippen LogP contribution in [0.4, 0.5) is 10.5 Å². The van der Waals surface area contributed by atoms with Crippen LogP contribution in [0.1, 0.15) is 0 Å². The Labute approximate surface area is 95.1 Å². The van der Waals surface area contributed by atoms with Crippen molar-refractivity contribution in [1.82, 2.24) is 5.32 Å². The second kappa shape index (κ2) is 4.92. The molecule has 8 nitrogen and oxygen atoms in total. The molecule has 0 heterocycles. The molecule has 2 amide bonds. The summed E-state index contributed by atoms with van der Waals surface area (Å²) in [5.74, 6) is -3.14. The number of carboxylic acids is 1. The fraction of sp³-hybridized carbons (Fsp3) is 0.111. The summed E-state index contributed by atoms with van der Waals surface area (Å²) in [5.41, 5.74) is 0.000638. The van der Waals surface area contributed by atoms with Crippen molar-refractivity contribution < 1.29 is 30.0 Å². The summed E-state index contributed by atoms with van der Waals surface area (Å²) in [6.07, 6.45) is 0. The maximum Gasteiger partial charge on any atom is 0.323 e. The summed E-state index contributed by atoms with van der Waals surface area (Å²) in [6, 6.07) is 1.17. The summed E-state index contributed by atoms with van der Waals surface area (Å²) in [5, 5.41) is 39.8. The minimum absolute atomic E-state index is 0.000638. The number of carboxylic acid groups (broad SMARTS) is 1. The lowest BCUT2D eigenvalue weighted by Crippen LogP contribution is -2.33. The van der Waals surface area contributed by atoms with Crippen molar-refractivity contribution in [2.75, 3.05) is 11.9 Å². The molecule has 0 saturated carbocycles. The van der Waals surface area contributed by atoms with Gasteiger partial charge in [-0.15, -0.1) is 0 Å². The largest absolute Gasteiger partial charge is 0.504 e. The average molecular weight is 242 g/mol. The number of anilines is 1. The first-order chi connectivity index (χ1) is 7.90. The van der Waals surface area contributed by atoms with Crippen molar-refractivity contribution in [1.29, 1.82) is 0 Å². The van der Waals surface area contributed by atoms with E-state index in [1.54, 1.807) is 0 Å². The van der Waals surface area contributed by atoms with Gasteiger partial charge in [0.1, 0.15) is 6.54 Å². The zero-order valence-corrected chi connectivity index (χ0v) is 8.47. The van der Waals surface area contributed by atoms with E-state index in [2.05, 4.69) is 5.32 Å². The second-order valence-corrected chi connectivity index (χ2v) is 3.06. The predicted octanol–water partition coefficient (Wildman–Crippen LogP) is 0.00950. The molecule has 17 heavy (non-hydrogen) atoms. The summed E-state index contributed by atoms with van der Waals surface area (Å²) in [7, 11) is 0. The van der Waals surface area contributed by atoms with E-state index in [4.69, 9.17) is 20.4 Å². The molecule has 1 aromatic carbocycles. The number of aromatic hydroxyl groups is 3. The van der Waals surface area contributed by atoms with Crippen LogP contribution in [0.25, 0.3) is 0 Å². The highest BCUT2D eigenvalue weighted by Crippen LogP contribution is 2.37. The van der Waals surface area contributed by atoms with E-state index in [0.717, 1.165) is 12.1 Å². The fourth-order valence-corrected chi connectivity index (χ4v) is 1.01. The normalized spacial score (nSPS) is 9.65. The van der Waals surface area contributed by atoms with Gasteiger partial charge in [0.2, 0.25) is 0 Å². The van der Waals surface area contributed by atoms with Gasteiger partial charge in [0.15, 0.2) is 17.2 Å². The Morgan fingerprint density at radius 3 is 2.12 bits per heavy atom. The van der Waals surface area contributed by atoms with Gasteiger partial charge >= 0.3 is 12.0 Å². The third-order valence-corrected chi connectivity index (χ3v) is 1.73. The number of carbonyl (C=O) groups is 2. The Morgan fingerprint density at radius 1 is 1.12 bits per heavy atom. The van der Waals surface area contributed by atoms with Crippen LogP contribution in [0.2, 0.25) is 0 Å². The molecule has 0 saturated heterocycles. The zero-order chi connectivity index (χ0) is 13.0. The highest BCUT2D eigenvalue weighted by atomic mass is 16.4. The smallest absolute Gasteiger partial charge is 0.323 e. The number of hydrogen-bond acceptors (Lipinski definition) is 5. The van der Waals surface area contributed by atoms with E-state index in [1.165, 1.54) is 0 Å². The van der Waals surface area contributed by atoms with Gasteiger partial charge in [-0.3, -0.25) is 4.79 Å². The molecule has 92 valence electrons. The van der Waals surface area contributed by atoms with Gasteiger partial charge in [-0.25, -0.2) is 4.79 Å². The lowest BCUT2D eigenvalue weighted by atomic mass is 10.2. The maximum absolute atomic E-state index is 11.1. The molecule has 0 radical (unpaired) electrons. The van der Waals surface area contributed by atoms with E-state index in [9.17, 15) is 9.59 Å². The maximum atomic E-state index is 11.1. The van der Waals surface area contributed by atoms with E-state index in [-0.39, 0.29) is 5.69 Å². The van der Waals surface area contributed by atoms with Crippen LogP contribution in [0.15, 0.2) is 12.1 Å². The van der Waals surface area contributed by atoms with Gasteiger partial charge < -0.3 is 31.1 Å². The van der Waals surface area contributed by atoms with Crippen molar-refractivity contribution in [3.8, 4) is 17.2 Å². The molecule has 0 atom stereocenters. The Morgan fingerprint density at radius 2 is 1.65 bits per heavy atom. The molecule has 0 aliphatic carbocycles. The molecule has 1 aromatic rings. The number of nitrogens with one attached hydrogen (secondary N) is 2. The Hall–Kier alpha value is -2.64. The van der Waals surface area contributed by atoms with Crippen LogP contribution in [0.3, 0.4) is 0 Å². The molecular weight excluding hydrogens is 232 g/mol. The van der Waals surface area contributed by atoms with Crippen molar-refractivity contribution in [2.45, 2.75) is 0 Å². The molecule has 0 unspecified atom stereocenters. The molecule has 0 bridgehead atoms. The van der Waals surface area contributed by atoms with Crippen LogP contribution in [-0.4, -0.2) is 39.0 Å². The highest BCUT2D eigenvalue weighted by Gasteiger charge is 2.10. The Bertz CT molecular complexity index is 436. The third kappa shape index (κ3) is 3.45. The van der Waals surface area contributed by atoms with Gasteiger partial charge in [-0.2, -0.15) is 0 Å². The van der Waals surface area contributed by atoms with E-state index in [1.807, 2.05) is 5.32 Å². The number of phenolic OH excluding ortho intramolecular Hbond substituents is 3. The van der Waals surface area contributed by atoms with Gasteiger partial charge in [-0.05, 0) is 0 Å². The Kier molecular flexibility index (Phi) is 3.60. The van der Waals surface area contributed by atoms with Crippen molar-refractivity contribution >= 4 is 17.7 Å². The lowest BCUT2D eigenvalue weighted by molar-refractivity contribution is -0.135. The van der Waals surface area contributed by atoms with Crippen LogP contribution in [-0.2, 0) is 4.79 Å². The predicted molar refractivity (Wildman–Crippen MR) is 56.1 cm³/mol. The number of amides is 2. The molecule has 6 N–H and O–H groups in total. The first-order valence-electron chi connectivity index (χ1n) is 4.41. The second-order valence-electron chi connectivity index (χ2n) is 3.06. The number of urea groups is 1. The van der Waals surface area contributed by atoms with Gasteiger partial charge in [0.05, 0.1) is 5.69 Å². The summed E-state index contributed by atoms with van der Waals surface area (Å²) < 4.78 is 0. The monoisotopic (exact) mass is 242 g/mol. The molecule has 0 aliphatic heterocycles. The lowest BCUT2D eigenvalue weighted by Gasteiger charge is -2.08. The number of rotatable bonds is 3. The third-order valence-electron chi connectivity index (χ3n) is 1.73. The molecule has 1 rings (SSSR count). The summed E-state index contributed by atoms with van der Waals surface area (Å²) in [6.45, 7) is -0.568. The number of aliphatic carboxylic acids is 1. The van der Waals surface area contributed by atoms with Crippen LogP contribution in [0, 0.1) is 0 Å². The average Bonchev–Trinajstić information content (AvgIpc) is 2.23. The van der Waals surface area contributed by atoms with Gasteiger partial charge in [0.25, 0.3) is 0 Å². The first kappa shape index (κ1) is 12.4. The summed E-state index contributed by atoms with van der Waals surface area (Å²) in [4.78, 5) is 21.3. The standard InChI is InChI=1S/C9H10N2O6/c12-5-1-4(2-6(13)8(5)16)11-9(17)10-3-7(14)15/h1-2,12-13,16H,3H2,(H,14,15)(H2,10,11,17). The van der Waals surface area contributed by atoms with Crippen molar-refractivity contribution in [3.05, 3.63) is 12.1 Å². The molecule has 0 aliphatic rings. The molecule has 0 aromatic heterocycles. The van der Waals surface area contributed by atoms with Crippen LogP contribution >= 0.6 is 0 Å². The summed E-state index contributed by atoms with van der Waals surface area (Å²) >= 11 is 0.